The van der Waals surface area contributed by atoms with Crippen LogP contribution in [-0.2, 0) is 26.7 Å². The first-order valence-corrected chi connectivity index (χ1v) is 9.92. The van der Waals surface area contributed by atoms with Crippen molar-refractivity contribution < 1.29 is 36.9 Å². The van der Waals surface area contributed by atoms with Crippen LogP contribution in [-0.4, -0.2) is 43.3 Å². The second-order valence-electron chi connectivity index (χ2n) is 3.47. The van der Waals surface area contributed by atoms with E-state index in [1.165, 1.54) is 25.7 Å². The Labute approximate surface area is 130 Å². The predicted molar refractivity (Wildman–Crippen MR) is 69.6 cm³/mol. The number of aliphatic carboxylic acids is 2. The molecule has 0 saturated heterocycles. The van der Waals surface area contributed by atoms with E-state index >= 15 is 0 Å². The van der Waals surface area contributed by atoms with Crippen molar-refractivity contribution in [1.29, 1.82) is 0 Å². The second-order valence-corrected chi connectivity index (χ2v) is 7.75. The maximum Gasteiger partial charge on any atom is 0.328 e. The van der Waals surface area contributed by atoms with Crippen LogP contribution >= 0.6 is 0 Å². The first-order valence-electron chi connectivity index (χ1n) is 5.89. The van der Waals surface area contributed by atoms with Gasteiger partial charge in [-0.2, -0.15) is 0 Å². The van der Waals surface area contributed by atoms with Gasteiger partial charge in [0.15, 0.2) is 0 Å². The van der Waals surface area contributed by atoms with Crippen molar-refractivity contribution >= 4 is 33.1 Å². The van der Waals surface area contributed by atoms with Crippen LogP contribution in [0.25, 0.3) is 0 Å². The summed E-state index contributed by atoms with van der Waals surface area (Å²) in [4.78, 5) is 19.1. The van der Waals surface area contributed by atoms with Gasteiger partial charge < -0.3 is 10.2 Å². The first kappa shape index (κ1) is 23.1. The van der Waals surface area contributed by atoms with Crippen LogP contribution < -0.4 is 0 Å². The molecule has 105 valence electrons. The number of carboxylic acids is 2. The average molecular weight is 404 g/mol. The Morgan fingerprint density at radius 2 is 1.28 bits per heavy atom. The fraction of sp³-hybridized carbons (Fsp3) is 0.667. The fourth-order valence-electron chi connectivity index (χ4n) is 0.871. The number of unbranched alkanes of at least 4 members (excludes halogenated alkanes) is 2. The summed E-state index contributed by atoms with van der Waals surface area (Å²) in [6, 6.07) is 0. The van der Waals surface area contributed by atoms with Gasteiger partial charge in [0.05, 0.1) is 0 Å². The second kappa shape index (κ2) is 19.3. The summed E-state index contributed by atoms with van der Waals surface area (Å²) in [5.74, 6) is -2.51. The van der Waals surface area contributed by atoms with E-state index in [1.54, 1.807) is 8.87 Å². The van der Waals surface area contributed by atoms with Crippen LogP contribution in [0.2, 0.25) is 8.87 Å². The standard InChI is InChI=1S/C4H4O4.2C4H9.Mn.Sn/c5-3(6)1-2-4(7)8;2*1-3-4-2;;/h1-2H,(H,5,6)(H,7,8);2*1,3-4H2,2H3;;/b2-1-;;;;. The van der Waals surface area contributed by atoms with Crippen molar-refractivity contribution in [3.63, 3.8) is 0 Å². The third-order valence-electron chi connectivity index (χ3n) is 1.78. The molecule has 3 radical (unpaired) electrons. The predicted octanol–water partition coefficient (Wildman–Crippen LogP) is 2.84. The normalized spacial score (nSPS) is 9.22. The van der Waals surface area contributed by atoms with Crippen LogP contribution in [0.4, 0.5) is 0 Å². The molecule has 0 fully saturated rings. The van der Waals surface area contributed by atoms with Gasteiger partial charge in [-0.15, -0.1) is 0 Å². The Hall–Kier alpha value is -0.00182. The zero-order valence-electron chi connectivity index (χ0n) is 11.0. The van der Waals surface area contributed by atoms with E-state index in [0.29, 0.717) is 12.2 Å². The van der Waals surface area contributed by atoms with E-state index in [1.807, 2.05) is 0 Å². The molecule has 0 rings (SSSR count). The molecule has 0 saturated carbocycles. The Bertz CT molecular complexity index is 210. The van der Waals surface area contributed by atoms with Crippen LogP contribution in [0.3, 0.4) is 0 Å². The maximum atomic E-state index is 9.55. The maximum absolute atomic E-state index is 9.55. The topological polar surface area (TPSA) is 74.6 Å². The van der Waals surface area contributed by atoms with Gasteiger partial charge in [-0.25, -0.2) is 9.59 Å². The molecule has 0 aliphatic carbocycles. The summed E-state index contributed by atoms with van der Waals surface area (Å²) in [5.41, 5.74) is 0. The Morgan fingerprint density at radius 1 is 0.944 bits per heavy atom. The van der Waals surface area contributed by atoms with Crippen molar-refractivity contribution in [1.82, 2.24) is 0 Å². The SMILES string of the molecule is CCC[CH2][Sn][CH2]CCC.O=C(O)/C=C\C(=O)O.[Mn]. The molecule has 0 unspecified atom stereocenters. The van der Waals surface area contributed by atoms with Gasteiger partial charge in [0.1, 0.15) is 0 Å². The van der Waals surface area contributed by atoms with Crippen LogP contribution in [0.15, 0.2) is 12.2 Å². The zero-order valence-corrected chi connectivity index (χ0v) is 15.0. The average Bonchev–Trinajstić information content (AvgIpc) is 2.27. The number of rotatable bonds is 8. The number of carbonyl (C=O) groups is 2. The Morgan fingerprint density at radius 3 is 1.50 bits per heavy atom. The summed E-state index contributed by atoms with van der Waals surface area (Å²) in [7, 11) is 0. The van der Waals surface area contributed by atoms with E-state index in [-0.39, 0.29) is 38.2 Å². The number of carboxylic acid groups (broad SMARTS) is 2. The zero-order chi connectivity index (χ0) is 13.5. The van der Waals surface area contributed by atoms with Gasteiger partial charge in [-0.3, -0.25) is 0 Å². The molecular formula is C12H22MnO4Sn. The molecule has 0 aromatic heterocycles. The summed E-state index contributed by atoms with van der Waals surface area (Å²) in [6.45, 7) is 4.58. The quantitative estimate of drug-likeness (QED) is 0.371. The van der Waals surface area contributed by atoms with Gasteiger partial charge in [0.25, 0.3) is 0 Å². The monoisotopic (exact) mass is 405 g/mol. The van der Waals surface area contributed by atoms with E-state index in [4.69, 9.17) is 10.2 Å². The largest absolute Gasteiger partial charge is 0.478 e. The molecule has 6 heteroatoms. The molecule has 0 amide bonds. The summed E-state index contributed by atoms with van der Waals surface area (Å²) in [6.07, 6.45) is 6.95. The van der Waals surface area contributed by atoms with E-state index in [9.17, 15) is 9.59 Å². The van der Waals surface area contributed by atoms with Crippen LogP contribution in [0.1, 0.15) is 39.5 Å². The Balaban J connectivity index is -0.000000238. The molecule has 4 nitrogen and oxygen atoms in total. The van der Waals surface area contributed by atoms with Gasteiger partial charge in [0, 0.05) is 29.2 Å². The molecule has 0 aliphatic heterocycles. The van der Waals surface area contributed by atoms with Crippen molar-refractivity contribution in [3.05, 3.63) is 12.2 Å². The molecule has 0 aliphatic rings. The summed E-state index contributed by atoms with van der Waals surface area (Å²) < 4.78 is 3.25. The van der Waals surface area contributed by atoms with Gasteiger partial charge in [0.2, 0.25) is 0 Å². The van der Waals surface area contributed by atoms with Crippen molar-refractivity contribution in [3.8, 4) is 0 Å². The molecule has 0 aromatic carbocycles. The molecular weight excluding hydrogens is 382 g/mol. The van der Waals surface area contributed by atoms with Crippen molar-refractivity contribution in [2.24, 2.45) is 0 Å². The molecule has 2 N–H and O–H groups in total. The molecule has 0 aromatic rings. The van der Waals surface area contributed by atoms with Gasteiger partial charge in [-0.05, 0) is 0 Å². The van der Waals surface area contributed by atoms with E-state index < -0.39 is 11.9 Å². The van der Waals surface area contributed by atoms with Crippen LogP contribution in [0, 0.1) is 0 Å². The Kier molecular flexibility index (Phi) is 24.8. The van der Waals surface area contributed by atoms with Crippen LogP contribution in [0.5, 0.6) is 0 Å². The van der Waals surface area contributed by atoms with Gasteiger partial charge in [-0.1, -0.05) is 0 Å². The van der Waals surface area contributed by atoms with Crippen molar-refractivity contribution in [2.75, 3.05) is 0 Å². The first-order chi connectivity index (χ1) is 8.04. The summed E-state index contributed by atoms with van der Waals surface area (Å²) >= 11 is 0.149. The molecule has 0 heterocycles. The van der Waals surface area contributed by atoms with E-state index in [2.05, 4.69) is 13.8 Å². The molecule has 0 spiro atoms. The van der Waals surface area contributed by atoms with Crippen molar-refractivity contribution in [2.45, 2.75) is 48.4 Å². The number of hydrogen-bond donors (Lipinski definition) is 2. The third kappa shape index (κ3) is 29.8. The van der Waals surface area contributed by atoms with Gasteiger partial charge >= 0.3 is 81.5 Å². The smallest absolute Gasteiger partial charge is 0.328 e. The minimum atomic E-state index is -1.26. The van der Waals surface area contributed by atoms with E-state index in [0.717, 1.165) is 0 Å². The minimum Gasteiger partial charge on any atom is -0.478 e. The summed E-state index contributed by atoms with van der Waals surface area (Å²) in [5, 5.41) is 15.6. The molecule has 0 atom stereocenters. The molecule has 0 bridgehead atoms. The number of hydrogen-bond acceptors (Lipinski definition) is 2. The molecule has 18 heavy (non-hydrogen) atoms. The third-order valence-corrected chi connectivity index (χ3v) is 5.82. The fourth-order valence-corrected chi connectivity index (χ4v) is 5.03. The minimum absolute atomic E-state index is 0.